The molecule has 0 aromatic rings. The van der Waals surface area contributed by atoms with E-state index in [9.17, 15) is 0 Å². The van der Waals surface area contributed by atoms with Gasteiger partial charge in [-0.2, -0.15) is 0 Å². The third-order valence-corrected chi connectivity index (χ3v) is 13.4. The van der Waals surface area contributed by atoms with Crippen molar-refractivity contribution in [2.75, 3.05) is 0 Å². The van der Waals surface area contributed by atoms with Gasteiger partial charge in [0.15, 0.2) is 0 Å². The van der Waals surface area contributed by atoms with E-state index in [1.165, 1.54) is 0 Å². The lowest BCUT2D eigenvalue weighted by atomic mass is 9.80. The van der Waals surface area contributed by atoms with E-state index in [4.69, 9.17) is 41.9 Å². The van der Waals surface area contributed by atoms with Crippen LogP contribution >= 0.6 is 0 Å². The summed E-state index contributed by atoms with van der Waals surface area (Å²) < 4.78 is 23.2. The molecule has 0 spiro atoms. The number of nitrogens with two attached hydrogens (primary N) is 4. The van der Waals surface area contributed by atoms with Gasteiger partial charge in [-0.1, -0.05) is 83.1 Å². The highest BCUT2D eigenvalue weighted by Crippen LogP contribution is 2.33. The fourth-order valence-corrected chi connectivity index (χ4v) is 8.30. The van der Waals surface area contributed by atoms with Crippen molar-refractivity contribution < 1.29 is 18.9 Å². The highest BCUT2D eigenvalue weighted by molar-refractivity contribution is 4.90. The second-order valence-corrected chi connectivity index (χ2v) is 16.3. The molecule has 20 unspecified atom stereocenters. The molecule has 4 fully saturated rings. The van der Waals surface area contributed by atoms with Crippen LogP contribution in [0.5, 0.6) is 0 Å². The van der Waals surface area contributed by atoms with Crippen molar-refractivity contribution in [2.45, 2.75) is 209 Å². The van der Waals surface area contributed by atoms with Gasteiger partial charge in [0.05, 0.1) is 48.8 Å². The van der Waals surface area contributed by atoms with Gasteiger partial charge in [-0.15, -0.1) is 0 Å². The number of ether oxygens (including phenoxy) is 4. The highest BCUT2D eigenvalue weighted by atomic mass is 16.5. The summed E-state index contributed by atoms with van der Waals surface area (Å²) in [6.07, 6.45) is 6.94. The van der Waals surface area contributed by atoms with Crippen LogP contribution in [0.1, 0.15) is 136 Å². The van der Waals surface area contributed by atoms with E-state index in [0.717, 1.165) is 25.7 Å². The molecule has 4 aliphatic heterocycles. The van der Waals surface area contributed by atoms with Crippen LogP contribution < -0.4 is 22.9 Å². The van der Waals surface area contributed by atoms with Crippen molar-refractivity contribution in [3.8, 4) is 0 Å². The molecule has 0 amide bonds. The first-order chi connectivity index (χ1) is 22.3. The standard InChI is InChI=1S/4C10H21NO/c4*1-5-9-6(2)7(3)10(11)8(4)12-9/h4*6-10H,5,11H2,1-4H3. The second kappa shape index (κ2) is 21.3. The quantitative estimate of drug-likeness (QED) is 0.245. The molecule has 4 aliphatic rings. The molecule has 0 radical (unpaired) electrons. The molecule has 4 saturated heterocycles. The van der Waals surface area contributed by atoms with Gasteiger partial charge in [0, 0.05) is 24.2 Å². The molecule has 0 aromatic heterocycles. The average Bonchev–Trinajstić information content (AvgIpc) is 3.08. The van der Waals surface area contributed by atoms with Crippen molar-refractivity contribution in [3.63, 3.8) is 0 Å². The van der Waals surface area contributed by atoms with E-state index in [1.54, 1.807) is 0 Å². The first-order valence-corrected chi connectivity index (χ1v) is 19.9. The molecule has 8 nitrogen and oxygen atoms in total. The summed E-state index contributed by atoms with van der Waals surface area (Å²) in [6, 6.07) is 0.844. The molecule has 20 atom stereocenters. The van der Waals surface area contributed by atoms with Gasteiger partial charge in [0.25, 0.3) is 0 Å². The van der Waals surface area contributed by atoms with E-state index in [0.29, 0.717) is 71.8 Å². The Bertz CT molecular complexity index is 712. The summed E-state index contributed by atoms with van der Waals surface area (Å²) >= 11 is 0. The predicted molar refractivity (Wildman–Crippen MR) is 204 cm³/mol. The molecule has 0 bridgehead atoms. The summed E-state index contributed by atoms with van der Waals surface area (Å²) in [5.41, 5.74) is 24.0. The predicted octanol–water partition coefficient (Wildman–Crippen LogP) is 7.13. The van der Waals surface area contributed by atoms with Crippen molar-refractivity contribution in [2.24, 2.45) is 70.3 Å². The maximum Gasteiger partial charge on any atom is 0.0704 e. The van der Waals surface area contributed by atoms with E-state index >= 15 is 0 Å². The molecule has 288 valence electrons. The molecular formula is C40H84N4O4. The summed E-state index contributed by atoms with van der Waals surface area (Å²) in [6.45, 7) is 34.9. The monoisotopic (exact) mass is 685 g/mol. The molecule has 8 heteroatoms. The first kappa shape index (κ1) is 45.7. The van der Waals surface area contributed by atoms with Gasteiger partial charge in [0.2, 0.25) is 0 Å². The third kappa shape index (κ3) is 11.9. The molecule has 0 aliphatic carbocycles. The first-order valence-electron chi connectivity index (χ1n) is 19.9. The van der Waals surface area contributed by atoms with Crippen LogP contribution in [-0.2, 0) is 18.9 Å². The maximum absolute atomic E-state index is 6.00. The van der Waals surface area contributed by atoms with Gasteiger partial charge >= 0.3 is 0 Å². The SMILES string of the molecule is CCC1OC(C)C(N)C(C)C1C.CCC1OC(C)C(N)C(C)C1C.CCC1OC(C)C(N)C(C)C1C.CCC1OC(C)C(N)C(C)C1C. The smallest absolute Gasteiger partial charge is 0.0704 e. The van der Waals surface area contributed by atoms with E-state index in [1.807, 2.05) is 0 Å². The van der Waals surface area contributed by atoms with Crippen molar-refractivity contribution in [1.29, 1.82) is 0 Å². The van der Waals surface area contributed by atoms with E-state index in [-0.39, 0.29) is 48.6 Å². The zero-order valence-electron chi connectivity index (χ0n) is 34.3. The van der Waals surface area contributed by atoms with Gasteiger partial charge < -0.3 is 41.9 Å². The van der Waals surface area contributed by atoms with Crippen LogP contribution in [0.3, 0.4) is 0 Å². The number of hydrogen-bond acceptors (Lipinski definition) is 8. The lowest BCUT2D eigenvalue weighted by Gasteiger charge is -2.42. The van der Waals surface area contributed by atoms with Crippen LogP contribution in [0.15, 0.2) is 0 Å². The molecule has 4 rings (SSSR count). The second-order valence-electron chi connectivity index (χ2n) is 16.3. The van der Waals surface area contributed by atoms with Crippen molar-refractivity contribution in [3.05, 3.63) is 0 Å². The molecule has 0 aromatic carbocycles. The average molecular weight is 685 g/mol. The fourth-order valence-electron chi connectivity index (χ4n) is 8.30. The minimum Gasteiger partial charge on any atom is -0.373 e. The third-order valence-electron chi connectivity index (χ3n) is 13.4. The van der Waals surface area contributed by atoms with E-state index < -0.39 is 0 Å². The Labute approximate surface area is 298 Å². The van der Waals surface area contributed by atoms with Gasteiger partial charge in [-0.3, -0.25) is 0 Å². The Morgan fingerprint density at radius 3 is 0.562 bits per heavy atom. The van der Waals surface area contributed by atoms with Crippen LogP contribution in [0.25, 0.3) is 0 Å². The maximum atomic E-state index is 6.00. The van der Waals surface area contributed by atoms with Gasteiger partial charge in [-0.05, 0) is 101 Å². The lowest BCUT2D eigenvalue weighted by molar-refractivity contribution is -0.105. The minimum atomic E-state index is 0.211. The zero-order chi connectivity index (χ0) is 37.2. The topological polar surface area (TPSA) is 141 Å². The summed E-state index contributed by atoms with van der Waals surface area (Å²) in [4.78, 5) is 0. The fraction of sp³-hybridized carbons (Fsp3) is 1.00. The summed E-state index contributed by atoms with van der Waals surface area (Å²) in [5.74, 6) is 4.72. The highest BCUT2D eigenvalue weighted by Gasteiger charge is 2.39. The van der Waals surface area contributed by atoms with Crippen LogP contribution in [0.4, 0.5) is 0 Å². The Hall–Kier alpha value is -0.320. The Morgan fingerprint density at radius 1 is 0.292 bits per heavy atom. The Balaban J connectivity index is 0.000000320. The Kier molecular flexibility index (Phi) is 20.2. The van der Waals surface area contributed by atoms with Gasteiger partial charge in [-0.25, -0.2) is 0 Å². The number of hydrogen-bond donors (Lipinski definition) is 4. The molecular weight excluding hydrogens is 600 g/mol. The minimum absolute atomic E-state index is 0.211. The van der Waals surface area contributed by atoms with E-state index in [2.05, 4.69) is 111 Å². The summed E-state index contributed by atoms with van der Waals surface area (Å²) in [7, 11) is 0. The molecule has 8 N–H and O–H groups in total. The largest absolute Gasteiger partial charge is 0.373 e. The Morgan fingerprint density at radius 2 is 0.438 bits per heavy atom. The molecule has 0 saturated carbocycles. The lowest BCUT2D eigenvalue weighted by Crippen LogP contribution is -2.52. The summed E-state index contributed by atoms with van der Waals surface area (Å²) in [5, 5.41) is 0. The van der Waals surface area contributed by atoms with Gasteiger partial charge in [0.1, 0.15) is 0 Å². The zero-order valence-corrected chi connectivity index (χ0v) is 34.3. The normalized spacial score (nSPS) is 49.2. The van der Waals surface area contributed by atoms with Crippen LogP contribution in [-0.4, -0.2) is 73.0 Å². The van der Waals surface area contributed by atoms with Crippen LogP contribution in [0, 0.1) is 47.3 Å². The van der Waals surface area contributed by atoms with Crippen molar-refractivity contribution >= 4 is 0 Å². The number of rotatable bonds is 4. The van der Waals surface area contributed by atoms with Crippen molar-refractivity contribution in [1.82, 2.24) is 0 Å². The van der Waals surface area contributed by atoms with Crippen LogP contribution in [0.2, 0.25) is 0 Å². The molecule has 4 heterocycles. The molecule has 48 heavy (non-hydrogen) atoms.